The van der Waals surface area contributed by atoms with E-state index in [9.17, 15) is 14.9 Å². The number of rotatable bonds is 5. The average Bonchev–Trinajstić information content (AvgIpc) is 2.98. The average molecular weight is 266 g/mol. The fraction of sp³-hybridized carbons (Fsp3) is 0.222. The zero-order chi connectivity index (χ0) is 13.8. The summed E-state index contributed by atoms with van der Waals surface area (Å²) in [4.78, 5) is 27.9. The molecule has 100 valence electrons. The van der Waals surface area contributed by atoms with Crippen LogP contribution >= 0.6 is 0 Å². The maximum Gasteiger partial charge on any atom is 0.337 e. The minimum absolute atomic E-state index is 0.0426. The second-order valence-corrected chi connectivity index (χ2v) is 3.38. The second kappa shape index (κ2) is 5.16. The smallest absolute Gasteiger partial charge is 0.337 e. The molecule has 2 aromatic rings. The van der Waals surface area contributed by atoms with Crippen molar-refractivity contribution in [1.29, 1.82) is 0 Å². The standard InChI is InChI=1S/C9H10N6O4/c1-2-19-9-12-8(13-14-9)11-7(16)6-3-5(4-10-6)15(17)18/h3-4,10H,2H2,1H3,(H2,11,12,13,14,16). The van der Waals surface area contributed by atoms with E-state index in [1.165, 1.54) is 0 Å². The summed E-state index contributed by atoms with van der Waals surface area (Å²) in [5.41, 5.74) is -0.154. The van der Waals surface area contributed by atoms with E-state index in [0.717, 1.165) is 12.3 Å². The van der Waals surface area contributed by atoms with Gasteiger partial charge in [-0.3, -0.25) is 20.2 Å². The normalized spacial score (nSPS) is 10.2. The minimum Gasteiger partial charge on any atom is -0.463 e. The van der Waals surface area contributed by atoms with Gasteiger partial charge in [0.25, 0.3) is 11.6 Å². The summed E-state index contributed by atoms with van der Waals surface area (Å²) in [5.74, 6) is -0.488. The van der Waals surface area contributed by atoms with Crippen LogP contribution in [0.1, 0.15) is 17.4 Å². The van der Waals surface area contributed by atoms with Crippen molar-refractivity contribution in [2.24, 2.45) is 0 Å². The topological polar surface area (TPSA) is 139 Å². The second-order valence-electron chi connectivity index (χ2n) is 3.38. The number of nitro groups is 1. The van der Waals surface area contributed by atoms with E-state index in [0.29, 0.717) is 6.61 Å². The molecule has 2 aromatic heterocycles. The Kier molecular flexibility index (Phi) is 3.41. The van der Waals surface area contributed by atoms with Gasteiger partial charge in [-0.25, -0.2) is 5.10 Å². The van der Waals surface area contributed by atoms with Gasteiger partial charge in [0.15, 0.2) is 0 Å². The molecular weight excluding hydrogens is 256 g/mol. The van der Waals surface area contributed by atoms with Crippen LogP contribution in [0.5, 0.6) is 6.01 Å². The quantitative estimate of drug-likeness (QED) is 0.537. The van der Waals surface area contributed by atoms with Crippen LogP contribution in [-0.4, -0.2) is 37.6 Å². The van der Waals surface area contributed by atoms with Gasteiger partial charge in [0.05, 0.1) is 17.7 Å². The van der Waals surface area contributed by atoms with Gasteiger partial charge in [-0.1, -0.05) is 0 Å². The molecule has 0 unspecified atom stereocenters. The fourth-order valence-corrected chi connectivity index (χ4v) is 1.29. The third-order valence-corrected chi connectivity index (χ3v) is 2.09. The van der Waals surface area contributed by atoms with Crippen molar-refractivity contribution < 1.29 is 14.5 Å². The molecule has 19 heavy (non-hydrogen) atoms. The molecule has 2 heterocycles. The summed E-state index contributed by atoms with van der Waals surface area (Å²) in [6.45, 7) is 2.17. The van der Waals surface area contributed by atoms with Crippen LogP contribution in [-0.2, 0) is 0 Å². The van der Waals surface area contributed by atoms with E-state index in [1.807, 2.05) is 0 Å². The van der Waals surface area contributed by atoms with Gasteiger partial charge in [-0.15, -0.1) is 5.10 Å². The lowest BCUT2D eigenvalue weighted by molar-refractivity contribution is -0.384. The number of anilines is 1. The number of nitrogens with one attached hydrogen (secondary N) is 3. The number of hydrogen-bond acceptors (Lipinski definition) is 6. The highest BCUT2D eigenvalue weighted by Gasteiger charge is 2.15. The number of aromatic nitrogens is 4. The Labute approximate surface area is 106 Å². The molecule has 0 atom stereocenters. The molecule has 0 spiro atoms. The van der Waals surface area contributed by atoms with E-state index in [4.69, 9.17) is 4.74 Å². The summed E-state index contributed by atoms with van der Waals surface area (Å²) in [5, 5.41) is 19.0. The van der Waals surface area contributed by atoms with Crippen LogP contribution in [0.25, 0.3) is 0 Å². The highest BCUT2D eigenvalue weighted by molar-refractivity contribution is 6.02. The minimum atomic E-state index is -0.602. The molecule has 0 saturated carbocycles. The van der Waals surface area contributed by atoms with Crippen molar-refractivity contribution in [3.05, 3.63) is 28.1 Å². The first-order valence-corrected chi connectivity index (χ1v) is 5.29. The van der Waals surface area contributed by atoms with E-state index < -0.39 is 10.8 Å². The van der Waals surface area contributed by atoms with Crippen molar-refractivity contribution >= 4 is 17.5 Å². The zero-order valence-electron chi connectivity index (χ0n) is 9.84. The molecule has 10 nitrogen and oxygen atoms in total. The monoisotopic (exact) mass is 266 g/mol. The predicted molar refractivity (Wildman–Crippen MR) is 63.0 cm³/mol. The molecule has 0 radical (unpaired) electrons. The Bertz CT molecular complexity index is 603. The molecule has 0 aliphatic carbocycles. The number of carbonyl (C=O) groups is 1. The van der Waals surface area contributed by atoms with Crippen LogP contribution in [0, 0.1) is 10.1 Å². The van der Waals surface area contributed by atoms with Gasteiger partial charge in [-0.2, -0.15) is 4.98 Å². The number of hydrogen-bond donors (Lipinski definition) is 3. The van der Waals surface area contributed by atoms with E-state index in [2.05, 4.69) is 25.5 Å². The first-order valence-electron chi connectivity index (χ1n) is 5.29. The third kappa shape index (κ3) is 2.86. The Morgan fingerprint density at radius 1 is 1.63 bits per heavy atom. The Morgan fingerprint density at radius 2 is 2.42 bits per heavy atom. The molecule has 0 saturated heterocycles. The van der Waals surface area contributed by atoms with Crippen molar-refractivity contribution in [2.75, 3.05) is 11.9 Å². The number of carbonyl (C=O) groups excluding carboxylic acids is 1. The van der Waals surface area contributed by atoms with Crippen LogP contribution < -0.4 is 10.1 Å². The lowest BCUT2D eigenvalue weighted by atomic mass is 10.4. The van der Waals surface area contributed by atoms with Gasteiger partial charge in [0.1, 0.15) is 5.69 Å². The van der Waals surface area contributed by atoms with Gasteiger partial charge in [0.2, 0.25) is 5.95 Å². The van der Waals surface area contributed by atoms with Gasteiger partial charge in [0, 0.05) is 6.07 Å². The number of ether oxygens (including phenoxy) is 1. The van der Waals surface area contributed by atoms with Gasteiger partial charge < -0.3 is 9.72 Å². The summed E-state index contributed by atoms with van der Waals surface area (Å²) >= 11 is 0. The molecular formula is C9H10N6O4. The lowest BCUT2D eigenvalue weighted by Gasteiger charge is -1.97. The third-order valence-electron chi connectivity index (χ3n) is 2.09. The number of H-pyrrole nitrogens is 2. The molecule has 10 heteroatoms. The highest BCUT2D eigenvalue weighted by Crippen LogP contribution is 2.13. The Hall–Kier alpha value is -2.91. The summed E-state index contributed by atoms with van der Waals surface area (Å²) in [7, 11) is 0. The molecule has 0 fully saturated rings. The molecule has 2 rings (SSSR count). The fourth-order valence-electron chi connectivity index (χ4n) is 1.29. The van der Waals surface area contributed by atoms with Crippen molar-refractivity contribution in [2.45, 2.75) is 6.92 Å². The zero-order valence-corrected chi connectivity index (χ0v) is 9.84. The van der Waals surface area contributed by atoms with E-state index in [1.54, 1.807) is 6.92 Å². The van der Waals surface area contributed by atoms with Gasteiger partial charge >= 0.3 is 6.01 Å². The first kappa shape index (κ1) is 12.5. The maximum absolute atomic E-state index is 11.7. The highest BCUT2D eigenvalue weighted by atomic mass is 16.6. The van der Waals surface area contributed by atoms with E-state index in [-0.39, 0.29) is 23.3 Å². The van der Waals surface area contributed by atoms with E-state index >= 15 is 0 Å². The summed E-state index contributed by atoms with van der Waals surface area (Å²) < 4.78 is 5.01. The van der Waals surface area contributed by atoms with Crippen molar-refractivity contribution in [3.8, 4) is 6.01 Å². The molecule has 0 aromatic carbocycles. The van der Waals surface area contributed by atoms with Crippen LogP contribution in [0.15, 0.2) is 12.3 Å². The first-order chi connectivity index (χ1) is 9.10. The molecule has 0 bridgehead atoms. The predicted octanol–water partition coefficient (Wildman–Crippen LogP) is 0.692. The van der Waals surface area contributed by atoms with Crippen molar-refractivity contribution in [1.82, 2.24) is 20.2 Å². The van der Waals surface area contributed by atoms with Crippen molar-refractivity contribution in [3.63, 3.8) is 0 Å². The number of aromatic amines is 2. The maximum atomic E-state index is 11.7. The molecule has 0 aliphatic rings. The largest absolute Gasteiger partial charge is 0.463 e. The lowest BCUT2D eigenvalue weighted by Crippen LogP contribution is -2.13. The summed E-state index contributed by atoms with van der Waals surface area (Å²) in [6, 6.07) is 1.23. The summed E-state index contributed by atoms with van der Waals surface area (Å²) in [6.07, 6.45) is 1.13. The van der Waals surface area contributed by atoms with Crippen LogP contribution in [0.4, 0.5) is 11.6 Å². The number of amides is 1. The van der Waals surface area contributed by atoms with Gasteiger partial charge in [-0.05, 0) is 6.92 Å². The Morgan fingerprint density at radius 3 is 3.05 bits per heavy atom. The molecule has 3 N–H and O–H groups in total. The molecule has 0 aliphatic heterocycles. The SMILES string of the molecule is CCOc1n[nH]c(NC(=O)c2cc([N+](=O)[O-])c[nH]2)n1. The van der Waals surface area contributed by atoms with Crippen LogP contribution in [0.2, 0.25) is 0 Å². The number of nitrogens with zero attached hydrogens (tertiary/aromatic N) is 3. The Balaban J connectivity index is 2.04. The molecule has 1 amide bonds. The van der Waals surface area contributed by atoms with Crippen LogP contribution in [0.3, 0.4) is 0 Å².